The number of hydrogen-bond donors (Lipinski definition) is 1. The molecule has 1 N–H and O–H groups in total. The van der Waals surface area contributed by atoms with Gasteiger partial charge in [-0.05, 0) is 53.0 Å². The van der Waals surface area contributed by atoms with Crippen LogP contribution < -0.4 is 5.09 Å². The highest BCUT2D eigenvalue weighted by Gasteiger charge is 2.40. The summed E-state index contributed by atoms with van der Waals surface area (Å²) >= 11 is 19.2. The van der Waals surface area contributed by atoms with Gasteiger partial charge in [-0.25, -0.2) is 9.76 Å². The summed E-state index contributed by atoms with van der Waals surface area (Å²) in [4.78, 5) is 0. The van der Waals surface area contributed by atoms with E-state index < -0.39 is 20.2 Å². The van der Waals surface area contributed by atoms with Gasteiger partial charge in [0, 0.05) is 19.6 Å². The molecule has 0 radical (unpaired) electrons. The molecule has 0 aromatic carbocycles. The second kappa shape index (κ2) is 5.57. The van der Waals surface area contributed by atoms with Crippen LogP contribution in [0.2, 0.25) is 0 Å². The number of halogens is 3. The molecule has 0 saturated carbocycles. The maximum Gasteiger partial charge on any atom is 0.279 e. The molecule has 12 heteroatoms. The summed E-state index contributed by atoms with van der Waals surface area (Å²) in [5, 5.41) is 3.24. The highest BCUT2D eigenvalue weighted by molar-refractivity contribution is 8.15. The minimum absolute atomic E-state index is 0.610. The number of rotatable bonds is 1. The van der Waals surface area contributed by atoms with Crippen LogP contribution in [0.1, 0.15) is 19.3 Å². The average molecular weight is 385 g/mol. The van der Waals surface area contributed by atoms with E-state index >= 15 is 0 Å². The monoisotopic (exact) mass is 383 g/mol. The predicted molar refractivity (Wildman–Crippen MR) is 85.0 cm³/mol. The molecule has 6 nitrogen and oxygen atoms in total. The summed E-state index contributed by atoms with van der Waals surface area (Å²) in [6.45, 7) is 0.623. The van der Waals surface area contributed by atoms with Crippen molar-refractivity contribution in [2.75, 3.05) is 26.2 Å². The topological polar surface area (TPSA) is 61.6 Å². The molecule has 3 aliphatic rings. The molecule has 0 aliphatic carbocycles. The summed E-state index contributed by atoms with van der Waals surface area (Å²) < 4.78 is 21.3. The van der Waals surface area contributed by atoms with Crippen molar-refractivity contribution < 1.29 is 4.52 Å². The van der Waals surface area contributed by atoms with E-state index in [0.29, 0.717) is 6.61 Å². The van der Waals surface area contributed by atoms with Crippen molar-refractivity contribution in [2.45, 2.75) is 19.3 Å². The van der Waals surface area contributed by atoms with Gasteiger partial charge in [-0.1, -0.05) is 0 Å². The Hall–Kier alpha value is 1.44. The predicted octanol–water partition coefficient (Wildman–Crippen LogP) is 5.66. The molecular formula is C7H15Cl3N5OP3. The molecule has 110 valence electrons. The normalized spacial score (nSPS) is 42.5. The number of hydrogen-bond acceptors (Lipinski definition) is 6. The SMILES string of the molecule is ClP1(Cl)=N[P@](Cl)(N2CCCC2)=N[P@]2(=N1)NCCCO2. The molecule has 0 aromatic heterocycles. The second-order valence-electron chi connectivity index (χ2n) is 4.52. The third kappa shape index (κ3) is 3.28. The third-order valence-corrected chi connectivity index (χ3v) is 15.1. The highest BCUT2D eigenvalue weighted by atomic mass is 35.9. The molecule has 0 amide bonds. The lowest BCUT2D eigenvalue weighted by Gasteiger charge is -2.34. The molecule has 0 unspecified atom stereocenters. The molecule has 19 heavy (non-hydrogen) atoms. The molecule has 1 spiro atoms. The Morgan fingerprint density at radius 2 is 1.74 bits per heavy atom. The molecule has 0 bridgehead atoms. The molecule has 3 rings (SSSR count). The van der Waals surface area contributed by atoms with Gasteiger partial charge in [-0.15, -0.1) is 0 Å². The largest absolute Gasteiger partial charge is 0.316 e. The van der Waals surface area contributed by atoms with Crippen molar-refractivity contribution in [1.29, 1.82) is 0 Å². The molecule has 2 saturated heterocycles. The summed E-state index contributed by atoms with van der Waals surface area (Å²) in [5.74, 6) is -2.81. The third-order valence-electron chi connectivity index (χ3n) is 3.04. The van der Waals surface area contributed by atoms with Gasteiger partial charge in [0.1, 0.15) is 0 Å². The second-order valence-corrected chi connectivity index (χ2v) is 15.5. The molecule has 2 atom stereocenters. The van der Waals surface area contributed by atoms with E-state index in [1.807, 2.05) is 0 Å². The zero-order chi connectivity index (χ0) is 13.6. The lowest BCUT2D eigenvalue weighted by molar-refractivity contribution is 0.310. The van der Waals surface area contributed by atoms with Gasteiger partial charge in [-0.2, -0.15) is 13.5 Å². The molecule has 3 aliphatic heterocycles. The van der Waals surface area contributed by atoms with E-state index in [1.165, 1.54) is 0 Å². The van der Waals surface area contributed by atoms with Crippen LogP contribution in [0.5, 0.6) is 0 Å². The lowest BCUT2D eigenvalue weighted by Crippen LogP contribution is -2.22. The maximum absolute atomic E-state index is 6.70. The van der Waals surface area contributed by atoms with Gasteiger partial charge in [-0.3, -0.25) is 0 Å². The van der Waals surface area contributed by atoms with Crippen molar-refractivity contribution in [3.63, 3.8) is 0 Å². The van der Waals surface area contributed by atoms with Crippen LogP contribution in [0.15, 0.2) is 13.5 Å². The standard InChI is InChI=1S/C7H15Cl3N5OP3/c8-17(9)12-18(10,15-5-1-2-6-15)14-19(13-17)11-4-3-7-16-19/h11H,1-7H2/t18-,19+/m0/s1. The first-order valence-electron chi connectivity index (χ1n) is 6.09. The zero-order valence-corrected chi connectivity index (χ0v) is 15.1. The van der Waals surface area contributed by atoms with Crippen LogP contribution in [0.4, 0.5) is 0 Å². The van der Waals surface area contributed by atoms with Crippen LogP contribution in [0.25, 0.3) is 0 Å². The first-order chi connectivity index (χ1) is 8.93. The Kier molecular flexibility index (Phi) is 4.50. The first-order valence-corrected chi connectivity index (χ1v) is 13.8. The highest BCUT2D eigenvalue weighted by Crippen LogP contribution is 2.84. The van der Waals surface area contributed by atoms with Crippen LogP contribution in [-0.4, -0.2) is 30.9 Å². The minimum atomic E-state index is -2.81. The Balaban J connectivity index is 2.09. The van der Waals surface area contributed by atoms with Crippen molar-refractivity contribution in [3.8, 4) is 0 Å². The maximum atomic E-state index is 6.70. The van der Waals surface area contributed by atoms with Crippen LogP contribution in [0, 0.1) is 0 Å². The molecule has 2 fully saturated rings. The lowest BCUT2D eigenvalue weighted by atomic mass is 10.4. The van der Waals surface area contributed by atoms with Gasteiger partial charge in [0.25, 0.3) is 13.5 Å². The van der Waals surface area contributed by atoms with Gasteiger partial charge in [0.15, 0.2) is 0 Å². The Labute approximate surface area is 127 Å². The quantitative estimate of drug-likeness (QED) is 0.593. The molecular weight excluding hydrogens is 369 g/mol. The van der Waals surface area contributed by atoms with E-state index in [0.717, 1.165) is 38.9 Å². The van der Waals surface area contributed by atoms with Crippen LogP contribution in [0.3, 0.4) is 0 Å². The van der Waals surface area contributed by atoms with E-state index in [9.17, 15) is 0 Å². The Morgan fingerprint density at radius 3 is 2.37 bits per heavy atom. The first kappa shape index (κ1) is 15.3. The summed E-state index contributed by atoms with van der Waals surface area (Å²) in [7, 11) is -2.51. The Morgan fingerprint density at radius 1 is 1.00 bits per heavy atom. The van der Waals surface area contributed by atoms with E-state index in [1.54, 1.807) is 0 Å². The Bertz CT molecular complexity index is 530. The fraction of sp³-hybridized carbons (Fsp3) is 1.00. The van der Waals surface area contributed by atoms with E-state index in [4.69, 9.17) is 38.2 Å². The molecule has 3 heterocycles. The zero-order valence-electron chi connectivity index (χ0n) is 10.1. The van der Waals surface area contributed by atoms with Crippen molar-refractivity contribution in [1.82, 2.24) is 9.76 Å². The fourth-order valence-corrected chi connectivity index (χ4v) is 16.8. The van der Waals surface area contributed by atoms with E-state index in [-0.39, 0.29) is 0 Å². The van der Waals surface area contributed by atoms with Gasteiger partial charge >= 0.3 is 0 Å². The van der Waals surface area contributed by atoms with Crippen LogP contribution in [-0.2, 0) is 4.52 Å². The van der Waals surface area contributed by atoms with Gasteiger partial charge in [0.05, 0.1) is 6.61 Å². The smallest absolute Gasteiger partial charge is 0.279 e. The summed E-state index contributed by atoms with van der Waals surface area (Å²) in [5.41, 5.74) is 0. The minimum Gasteiger partial charge on any atom is -0.316 e. The number of nitrogens with one attached hydrogen (secondary N) is 1. The van der Waals surface area contributed by atoms with Crippen molar-refractivity contribution in [2.24, 2.45) is 13.5 Å². The fourth-order valence-electron chi connectivity index (χ4n) is 2.21. The summed E-state index contributed by atoms with van der Waals surface area (Å²) in [6.07, 6.45) is 3.14. The summed E-state index contributed by atoms with van der Waals surface area (Å²) in [6, 6.07) is 0. The van der Waals surface area contributed by atoms with E-state index in [2.05, 4.69) is 23.3 Å². The van der Waals surface area contributed by atoms with Gasteiger partial charge < -0.3 is 4.52 Å². The van der Waals surface area contributed by atoms with Crippen molar-refractivity contribution in [3.05, 3.63) is 0 Å². The van der Waals surface area contributed by atoms with Crippen LogP contribution >= 0.6 is 53.9 Å². The molecule has 0 aromatic rings. The van der Waals surface area contributed by atoms with Crippen molar-refractivity contribution >= 4 is 53.9 Å². The average Bonchev–Trinajstić information content (AvgIpc) is 2.80. The number of nitrogens with zero attached hydrogens (tertiary/aromatic N) is 4. The van der Waals surface area contributed by atoms with Gasteiger partial charge in [0.2, 0.25) is 6.71 Å².